The highest BCUT2D eigenvalue weighted by Crippen LogP contribution is 2.36. The molecule has 1 aromatic heterocycles. The summed E-state index contributed by atoms with van der Waals surface area (Å²) in [6.07, 6.45) is -3.38. The molecule has 3 aromatic rings. The monoisotopic (exact) mass is 450 g/mol. The van der Waals surface area contributed by atoms with Crippen molar-refractivity contribution in [1.29, 1.82) is 5.26 Å². The largest absolute Gasteiger partial charge is 0.457 e. The van der Waals surface area contributed by atoms with Crippen LogP contribution in [0, 0.1) is 11.3 Å². The summed E-state index contributed by atoms with van der Waals surface area (Å²) in [6.45, 7) is 0. The van der Waals surface area contributed by atoms with Crippen molar-refractivity contribution in [3.8, 4) is 17.4 Å². The van der Waals surface area contributed by atoms with Crippen LogP contribution in [0.1, 0.15) is 11.3 Å². The SMILES string of the molecule is N#CC(=Cc1ccc(-c2cc(C(F)(F)F)ccc2Cl)o1)C(=O)Nc1ccccc1Cl. The first-order valence-electron chi connectivity index (χ1n) is 8.33. The van der Waals surface area contributed by atoms with Crippen LogP contribution in [-0.4, -0.2) is 5.91 Å². The first-order valence-corrected chi connectivity index (χ1v) is 9.09. The molecule has 0 spiro atoms. The standard InChI is InChI=1S/C21H11Cl2F3N2O2/c22-16-7-5-13(21(24,25)26)10-15(16)19-8-6-14(30-19)9-12(11-27)20(29)28-18-4-2-1-3-17(18)23/h1-10H,(H,28,29). The van der Waals surface area contributed by atoms with Crippen LogP contribution in [0.25, 0.3) is 17.4 Å². The normalized spacial score (nSPS) is 11.8. The lowest BCUT2D eigenvalue weighted by atomic mass is 10.1. The molecule has 0 aliphatic rings. The van der Waals surface area contributed by atoms with Crippen molar-refractivity contribution in [3.05, 3.63) is 81.5 Å². The first kappa shape index (κ1) is 21.5. The third-order valence-corrected chi connectivity index (χ3v) is 4.62. The van der Waals surface area contributed by atoms with Crippen LogP contribution in [0.15, 0.2) is 64.6 Å². The molecule has 0 aliphatic carbocycles. The summed E-state index contributed by atoms with van der Waals surface area (Å²) in [7, 11) is 0. The Bertz CT molecular complexity index is 1180. The van der Waals surface area contributed by atoms with Crippen molar-refractivity contribution in [2.45, 2.75) is 6.18 Å². The molecule has 9 heteroatoms. The predicted molar refractivity (Wildman–Crippen MR) is 108 cm³/mol. The van der Waals surface area contributed by atoms with Gasteiger partial charge in [-0.15, -0.1) is 0 Å². The fourth-order valence-corrected chi connectivity index (χ4v) is 2.90. The zero-order chi connectivity index (χ0) is 21.9. The zero-order valence-electron chi connectivity index (χ0n) is 14.9. The average Bonchev–Trinajstić information content (AvgIpc) is 3.15. The highest BCUT2D eigenvalue weighted by atomic mass is 35.5. The molecular weight excluding hydrogens is 440 g/mol. The zero-order valence-corrected chi connectivity index (χ0v) is 16.4. The molecule has 0 unspecified atom stereocenters. The maximum absolute atomic E-state index is 13.0. The molecule has 0 bridgehead atoms. The lowest BCUT2D eigenvalue weighted by Gasteiger charge is -2.09. The van der Waals surface area contributed by atoms with Crippen molar-refractivity contribution in [1.82, 2.24) is 0 Å². The highest BCUT2D eigenvalue weighted by molar-refractivity contribution is 6.34. The van der Waals surface area contributed by atoms with E-state index < -0.39 is 17.6 Å². The van der Waals surface area contributed by atoms with Crippen LogP contribution in [0.2, 0.25) is 10.0 Å². The molecule has 4 nitrogen and oxygen atoms in total. The molecule has 3 rings (SSSR count). The van der Waals surface area contributed by atoms with E-state index in [1.165, 1.54) is 12.1 Å². The Labute approximate surface area is 179 Å². The minimum Gasteiger partial charge on any atom is -0.457 e. The Balaban J connectivity index is 1.88. The Morgan fingerprint density at radius 1 is 1.07 bits per heavy atom. The molecule has 0 saturated heterocycles. The minimum atomic E-state index is -4.54. The lowest BCUT2D eigenvalue weighted by molar-refractivity contribution is -0.137. The Kier molecular flexibility index (Phi) is 6.20. The molecule has 1 amide bonds. The van der Waals surface area contributed by atoms with Crippen molar-refractivity contribution >= 4 is 40.9 Å². The van der Waals surface area contributed by atoms with Gasteiger partial charge in [-0.3, -0.25) is 4.79 Å². The van der Waals surface area contributed by atoms with E-state index in [4.69, 9.17) is 27.6 Å². The fourth-order valence-electron chi connectivity index (χ4n) is 2.51. The summed E-state index contributed by atoms with van der Waals surface area (Å²) in [5.74, 6) is -0.578. The summed E-state index contributed by atoms with van der Waals surface area (Å²) in [6, 6.07) is 13.9. The quantitative estimate of drug-likeness (QED) is 0.350. The number of carbonyl (C=O) groups is 1. The number of para-hydroxylation sites is 1. The van der Waals surface area contributed by atoms with E-state index in [1.807, 2.05) is 0 Å². The first-order chi connectivity index (χ1) is 14.2. The van der Waals surface area contributed by atoms with Gasteiger partial charge in [0.2, 0.25) is 0 Å². The van der Waals surface area contributed by atoms with E-state index in [0.717, 1.165) is 24.3 Å². The number of nitrogens with zero attached hydrogens (tertiary/aromatic N) is 1. The molecule has 0 fully saturated rings. The minimum absolute atomic E-state index is 0.0326. The molecule has 0 atom stereocenters. The number of amides is 1. The van der Waals surface area contributed by atoms with Gasteiger partial charge in [0.05, 0.1) is 21.3 Å². The summed E-state index contributed by atoms with van der Waals surface area (Å²) in [4.78, 5) is 12.3. The number of rotatable bonds is 4. The number of nitriles is 1. The van der Waals surface area contributed by atoms with Crippen LogP contribution >= 0.6 is 23.2 Å². The van der Waals surface area contributed by atoms with Crippen LogP contribution < -0.4 is 5.32 Å². The fraction of sp³-hybridized carbons (Fsp3) is 0.0476. The molecule has 0 saturated carbocycles. The number of nitrogens with one attached hydrogen (secondary N) is 1. The van der Waals surface area contributed by atoms with Crippen LogP contribution in [0.4, 0.5) is 18.9 Å². The maximum Gasteiger partial charge on any atom is 0.416 e. The Morgan fingerprint density at radius 2 is 1.80 bits per heavy atom. The number of carbonyl (C=O) groups excluding carboxylic acids is 1. The number of hydrogen-bond donors (Lipinski definition) is 1. The second kappa shape index (κ2) is 8.66. The van der Waals surface area contributed by atoms with Crippen molar-refractivity contribution in [2.75, 3.05) is 5.32 Å². The second-order valence-corrected chi connectivity index (χ2v) is 6.81. The number of benzene rings is 2. The predicted octanol–water partition coefficient (Wildman–Crippen LogP) is 6.82. The Morgan fingerprint density at radius 3 is 2.47 bits per heavy atom. The molecule has 2 aromatic carbocycles. The molecule has 1 heterocycles. The summed E-state index contributed by atoms with van der Waals surface area (Å²) in [5.41, 5.74) is -0.815. The molecule has 0 aliphatic heterocycles. The number of halogens is 5. The molecule has 1 N–H and O–H groups in total. The van der Waals surface area contributed by atoms with Crippen molar-refractivity contribution in [3.63, 3.8) is 0 Å². The molecule has 30 heavy (non-hydrogen) atoms. The van der Waals surface area contributed by atoms with Gasteiger partial charge in [0.15, 0.2) is 0 Å². The number of alkyl halides is 3. The maximum atomic E-state index is 13.0. The van der Waals surface area contributed by atoms with E-state index in [-0.39, 0.29) is 27.7 Å². The molecular formula is C21H11Cl2F3N2O2. The van der Waals surface area contributed by atoms with Crippen LogP contribution in [0.5, 0.6) is 0 Å². The van der Waals surface area contributed by atoms with Gasteiger partial charge in [-0.25, -0.2) is 0 Å². The third-order valence-electron chi connectivity index (χ3n) is 3.96. The van der Waals surface area contributed by atoms with E-state index in [9.17, 15) is 23.2 Å². The van der Waals surface area contributed by atoms with Crippen molar-refractivity contribution in [2.24, 2.45) is 0 Å². The van der Waals surface area contributed by atoms with Gasteiger partial charge in [0.1, 0.15) is 23.2 Å². The molecule has 152 valence electrons. The number of hydrogen-bond acceptors (Lipinski definition) is 3. The van der Waals surface area contributed by atoms with E-state index >= 15 is 0 Å². The highest BCUT2D eigenvalue weighted by Gasteiger charge is 2.31. The summed E-state index contributed by atoms with van der Waals surface area (Å²) in [5, 5.41) is 12.2. The second-order valence-electron chi connectivity index (χ2n) is 6.00. The van der Waals surface area contributed by atoms with Gasteiger partial charge in [-0.2, -0.15) is 18.4 Å². The van der Waals surface area contributed by atoms with E-state index in [0.29, 0.717) is 10.7 Å². The van der Waals surface area contributed by atoms with Crippen LogP contribution in [-0.2, 0) is 11.0 Å². The number of anilines is 1. The van der Waals surface area contributed by atoms with Gasteiger partial charge in [-0.05, 0) is 42.5 Å². The van der Waals surface area contributed by atoms with E-state index in [2.05, 4.69) is 5.32 Å². The average molecular weight is 451 g/mol. The lowest BCUT2D eigenvalue weighted by Crippen LogP contribution is -2.13. The summed E-state index contributed by atoms with van der Waals surface area (Å²) >= 11 is 12.0. The molecule has 0 radical (unpaired) electrons. The van der Waals surface area contributed by atoms with Gasteiger partial charge in [-0.1, -0.05) is 35.3 Å². The number of furan rings is 1. The van der Waals surface area contributed by atoms with Gasteiger partial charge in [0, 0.05) is 11.6 Å². The Hall–Kier alpha value is -3.21. The van der Waals surface area contributed by atoms with Crippen molar-refractivity contribution < 1.29 is 22.4 Å². The van der Waals surface area contributed by atoms with E-state index in [1.54, 1.807) is 30.3 Å². The third kappa shape index (κ3) is 4.85. The van der Waals surface area contributed by atoms with Gasteiger partial charge in [0.25, 0.3) is 5.91 Å². The van der Waals surface area contributed by atoms with Gasteiger partial charge < -0.3 is 9.73 Å². The van der Waals surface area contributed by atoms with Crippen LogP contribution in [0.3, 0.4) is 0 Å². The smallest absolute Gasteiger partial charge is 0.416 e. The van der Waals surface area contributed by atoms with Gasteiger partial charge >= 0.3 is 6.18 Å². The summed E-state index contributed by atoms with van der Waals surface area (Å²) < 4.78 is 44.4. The topological polar surface area (TPSA) is 66.0 Å².